The van der Waals surface area contributed by atoms with Crippen molar-refractivity contribution in [1.82, 2.24) is 9.97 Å². The molecule has 2 rings (SSSR count). The fourth-order valence-corrected chi connectivity index (χ4v) is 2.82. The zero-order valence-corrected chi connectivity index (χ0v) is 16.4. The fraction of sp³-hybridized carbons (Fsp3) is 0.545. The van der Waals surface area contributed by atoms with Crippen LogP contribution in [0.15, 0.2) is 30.6 Å². The maximum atomic E-state index is 14.2. The van der Waals surface area contributed by atoms with Gasteiger partial charge in [0, 0.05) is 24.4 Å². The van der Waals surface area contributed by atoms with Gasteiger partial charge in [-0.3, -0.25) is 0 Å². The Kier molecular flexibility index (Phi) is 9.16. The van der Waals surface area contributed by atoms with Crippen LogP contribution in [0.25, 0.3) is 11.4 Å². The molecule has 0 saturated heterocycles. The number of aromatic nitrogens is 2. The molecule has 1 heterocycles. The molecule has 2 aromatic rings. The number of ether oxygens (including phenoxy) is 1. The van der Waals surface area contributed by atoms with Crippen molar-refractivity contribution in [2.24, 2.45) is 0 Å². The lowest BCUT2D eigenvalue weighted by Gasteiger charge is -2.10. The van der Waals surface area contributed by atoms with Crippen molar-refractivity contribution in [3.8, 4) is 17.1 Å². The van der Waals surface area contributed by atoms with Crippen molar-refractivity contribution >= 4 is 0 Å². The summed E-state index contributed by atoms with van der Waals surface area (Å²) in [5.41, 5.74) is 1.71. The molecule has 0 aliphatic rings. The predicted octanol–water partition coefficient (Wildman–Crippen LogP) is 6.31. The van der Waals surface area contributed by atoms with Gasteiger partial charge in [0.25, 0.3) is 0 Å². The number of hydrogen-bond donors (Lipinski definition) is 0. The van der Waals surface area contributed by atoms with Crippen molar-refractivity contribution in [1.29, 1.82) is 0 Å². The van der Waals surface area contributed by atoms with E-state index in [4.69, 9.17) is 4.74 Å². The summed E-state index contributed by atoms with van der Waals surface area (Å²) in [4.78, 5) is 8.73. The maximum Gasteiger partial charge on any atom is 0.165 e. The zero-order valence-electron chi connectivity index (χ0n) is 16.4. The standard InChI is InChI=1S/C22H30F2N2O/c1-3-5-6-7-8-9-17-15-25-22(26-16-17)18-10-11-21(20(24)14-18)27-13-12-19(23)4-2/h10-11,14-16,19H,3-9,12-13H2,1-2H3. The summed E-state index contributed by atoms with van der Waals surface area (Å²) >= 11 is 0. The summed E-state index contributed by atoms with van der Waals surface area (Å²) in [6.45, 7) is 4.15. The van der Waals surface area contributed by atoms with E-state index in [1.165, 1.54) is 31.7 Å². The molecule has 3 nitrogen and oxygen atoms in total. The first-order valence-corrected chi connectivity index (χ1v) is 10.0. The first-order chi connectivity index (χ1) is 13.1. The number of halogens is 2. The molecular formula is C22H30F2N2O. The molecule has 0 aliphatic carbocycles. The summed E-state index contributed by atoms with van der Waals surface area (Å²) in [7, 11) is 0. The van der Waals surface area contributed by atoms with Crippen LogP contribution in [0.1, 0.15) is 64.4 Å². The molecule has 0 spiro atoms. The van der Waals surface area contributed by atoms with E-state index in [0.29, 0.717) is 17.8 Å². The number of nitrogens with zero attached hydrogens (tertiary/aromatic N) is 2. The highest BCUT2D eigenvalue weighted by Crippen LogP contribution is 2.24. The van der Waals surface area contributed by atoms with Crippen LogP contribution in [0.4, 0.5) is 8.78 Å². The summed E-state index contributed by atoms with van der Waals surface area (Å²) in [6.07, 6.45) is 10.6. The van der Waals surface area contributed by atoms with Gasteiger partial charge in [-0.1, -0.05) is 39.5 Å². The molecule has 148 valence electrons. The zero-order chi connectivity index (χ0) is 19.5. The molecule has 5 heteroatoms. The van der Waals surface area contributed by atoms with Gasteiger partial charge in [0.1, 0.15) is 6.17 Å². The average Bonchev–Trinajstić information content (AvgIpc) is 2.69. The Bertz CT molecular complexity index is 677. The lowest BCUT2D eigenvalue weighted by Crippen LogP contribution is -2.07. The van der Waals surface area contributed by atoms with E-state index in [1.54, 1.807) is 19.1 Å². The molecule has 0 radical (unpaired) electrons. The van der Waals surface area contributed by atoms with Gasteiger partial charge in [-0.25, -0.2) is 18.7 Å². The number of aryl methyl sites for hydroxylation is 1. The van der Waals surface area contributed by atoms with Crippen LogP contribution in [0.2, 0.25) is 0 Å². The summed E-state index contributed by atoms with van der Waals surface area (Å²) < 4.78 is 32.7. The summed E-state index contributed by atoms with van der Waals surface area (Å²) in [5.74, 6) is 0.138. The Morgan fingerprint density at radius 1 is 1.04 bits per heavy atom. The Morgan fingerprint density at radius 3 is 2.44 bits per heavy atom. The Morgan fingerprint density at radius 2 is 1.78 bits per heavy atom. The monoisotopic (exact) mass is 376 g/mol. The van der Waals surface area contributed by atoms with Crippen LogP contribution in [0.3, 0.4) is 0 Å². The van der Waals surface area contributed by atoms with Crippen LogP contribution in [0.5, 0.6) is 5.75 Å². The SMILES string of the molecule is CCCCCCCc1cnc(-c2ccc(OCCC(F)CC)c(F)c2)nc1. The van der Waals surface area contributed by atoms with E-state index in [1.807, 2.05) is 12.4 Å². The van der Waals surface area contributed by atoms with Gasteiger partial charge in [0.2, 0.25) is 0 Å². The van der Waals surface area contributed by atoms with Crippen LogP contribution >= 0.6 is 0 Å². The highest BCUT2D eigenvalue weighted by Gasteiger charge is 2.10. The molecule has 0 saturated carbocycles. The third-order valence-electron chi connectivity index (χ3n) is 4.60. The van der Waals surface area contributed by atoms with Crippen molar-refractivity contribution in [3.63, 3.8) is 0 Å². The third-order valence-corrected chi connectivity index (χ3v) is 4.60. The predicted molar refractivity (Wildman–Crippen MR) is 105 cm³/mol. The normalized spacial score (nSPS) is 12.1. The van der Waals surface area contributed by atoms with E-state index in [9.17, 15) is 8.78 Å². The van der Waals surface area contributed by atoms with Crippen molar-refractivity contribution < 1.29 is 13.5 Å². The highest BCUT2D eigenvalue weighted by atomic mass is 19.1. The largest absolute Gasteiger partial charge is 0.490 e. The van der Waals surface area contributed by atoms with Gasteiger partial charge in [-0.2, -0.15) is 0 Å². The summed E-state index contributed by atoms with van der Waals surface area (Å²) in [5, 5.41) is 0. The van der Waals surface area contributed by atoms with Crippen LogP contribution < -0.4 is 4.74 Å². The average molecular weight is 376 g/mol. The Hall–Kier alpha value is -2.04. The molecule has 1 atom stereocenters. The molecule has 1 aromatic heterocycles. The van der Waals surface area contributed by atoms with Gasteiger partial charge in [0.15, 0.2) is 17.4 Å². The highest BCUT2D eigenvalue weighted by molar-refractivity contribution is 5.56. The lowest BCUT2D eigenvalue weighted by molar-refractivity contribution is 0.225. The Labute approximate surface area is 161 Å². The topological polar surface area (TPSA) is 35.0 Å². The fourth-order valence-electron chi connectivity index (χ4n) is 2.82. The molecule has 1 aromatic carbocycles. The number of hydrogen-bond acceptors (Lipinski definition) is 3. The van der Waals surface area contributed by atoms with Crippen LogP contribution in [0, 0.1) is 5.82 Å². The number of alkyl halides is 1. The van der Waals surface area contributed by atoms with E-state index >= 15 is 0 Å². The minimum Gasteiger partial charge on any atom is -0.490 e. The van der Waals surface area contributed by atoms with Gasteiger partial charge in [0.05, 0.1) is 6.61 Å². The quantitative estimate of drug-likeness (QED) is 0.407. The molecule has 0 aliphatic heterocycles. The second kappa shape index (κ2) is 11.6. The molecule has 0 amide bonds. The molecule has 0 bridgehead atoms. The molecule has 0 N–H and O–H groups in total. The molecular weight excluding hydrogens is 346 g/mol. The summed E-state index contributed by atoms with van der Waals surface area (Å²) in [6, 6.07) is 4.64. The first-order valence-electron chi connectivity index (χ1n) is 10.0. The third kappa shape index (κ3) is 7.24. The first kappa shape index (κ1) is 21.3. The van der Waals surface area contributed by atoms with Crippen LogP contribution in [-0.4, -0.2) is 22.7 Å². The van der Waals surface area contributed by atoms with E-state index in [0.717, 1.165) is 18.4 Å². The maximum absolute atomic E-state index is 14.2. The number of benzene rings is 1. The van der Waals surface area contributed by atoms with Crippen molar-refractivity contribution in [3.05, 3.63) is 42.0 Å². The second-order valence-electron chi connectivity index (χ2n) is 6.87. The van der Waals surface area contributed by atoms with E-state index in [-0.39, 0.29) is 18.8 Å². The van der Waals surface area contributed by atoms with Crippen molar-refractivity contribution in [2.45, 2.75) is 71.4 Å². The number of unbranched alkanes of at least 4 members (excludes halogenated alkanes) is 4. The number of rotatable bonds is 12. The van der Waals surface area contributed by atoms with Crippen LogP contribution in [-0.2, 0) is 6.42 Å². The Balaban J connectivity index is 1.89. The van der Waals surface area contributed by atoms with Crippen molar-refractivity contribution in [2.75, 3.05) is 6.61 Å². The molecule has 27 heavy (non-hydrogen) atoms. The second-order valence-corrected chi connectivity index (χ2v) is 6.87. The van der Waals surface area contributed by atoms with Gasteiger partial charge in [-0.15, -0.1) is 0 Å². The van der Waals surface area contributed by atoms with E-state index < -0.39 is 12.0 Å². The minimum atomic E-state index is -0.911. The van der Waals surface area contributed by atoms with E-state index in [2.05, 4.69) is 16.9 Å². The minimum absolute atomic E-state index is 0.130. The smallest absolute Gasteiger partial charge is 0.165 e. The van der Waals surface area contributed by atoms with Gasteiger partial charge in [-0.05, 0) is 43.0 Å². The lowest BCUT2D eigenvalue weighted by atomic mass is 10.1. The van der Waals surface area contributed by atoms with Gasteiger partial charge >= 0.3 is 0 Å². The molecule has 1 unspecified atom stereocenters. The molecule has 0 fully saturated rings. The van der Waals surface area contributed by atoms with Gasteiger partial charge < -0.3 is 4.74 Å².